The highest BCUT2D eigenvalue weighted by Crippen LogP contribution is 2.18. The smallest absolute Gasteiger partial charge is 0.317 e. The van der Waals surface area contributed by atoms with Crippen molar-refractivity contribution in [3.05, 3.63) is 29.6 Å². The highest BCUT2D eigenvalue weighted by atomic mass is 16.2. The zero-order valence-electron chi connectivity index (χ0n) is 12.0. The van der Waals surface area contributed by atoms with Gasteiger partial charge in [0.1, 0.15) is 0 Å². The minimum atomic E-state index is 0.0713. The molecule has 0 fully saturated rings. The minimum absolute atomic E-state index is 0.0713. The molecule has 1 unspecified atom stereocenters. The van der Waals surface area contributed by atoms with Crippen molar-refractivity contribution in [2.24, 2.45) is 7.05 Å². The van der Waals surface area contributed by atoms with Crippen molar-refractivity contribution in [3.8, 4) is 0 Å². The Kier molecular flexibility index (Phi) is 3.76. The van der Waals surface area contributed by atoms with Crippen molar-refractivity contribution in [3.63, 3.8) is 0 Å². The SMILES string of the molecule is Cn1ncc2c1CCCN(C(=O)NC1CC=CCC1)C2. The highest BCUT2D eigenvalue weighted by molar-refractivity contribution is 5.74. The number of nitrogens with one attached hydrogen (secondary N) is 1. The van der Waals surface area contributed by atoms with Gasteiger partial charge in [-0.3, -0.25) is 4.68 Å². The van der Waals surface area contributed by atoms with E-state index in [4.69, 9.17) is 0 Å². The third-order valence-corrected chi connectivity index (χ3v) is 4.23. The summed E-state index contributed by atoms with van der Waals surface area (Å²) >= 11 is 0. The number of aryl methyl sites for hydroxylation is 1. The highest BCUT2D eigenvalue weighted by Gasteiger charge is 2.23. The van der Waals surface area contributed by atoms with Crippen LogP contribution in [0.15, 0.2) is 18.3 Å². The molecule has 5 heteroatoms. The third-order valence-electron chi connectivity index (χ3n) is 4.23. The lowest BCUT2D eigenvalue weighted by Gasteiger charge is -2.26. The first-order valence-electron chi connectivity index (χ1n) is 7.44. The standard InChI is InChI=1S/C15H22N4O/c1-18-14-8-5-9-19(11-12(14)10-16-18)15(20)17-13-6-3-2-4-7-13/h2-3,10,13H,4-9,11H2,1H3,(H,17,20). The predicted molar refractivity (Wildman–Crippen MR) is 77.2 cm³/mol. The van der Waals surface area contributed by atoms with Crippen molar-refractivity contribution in [2.75, 3.05) is 6.54 Å². The summed E-state index contributed by atoms with van der Waals surface area (Å²) in [6.45, 7) is 1.50. The van der Waals surface area contributed by atoms with E-state index in [1.165, 1.54) is 11.3 Å². The van der Waals surface area contributed by atoms with Gasteiger partial charge in [-0.05, 0) is 32.1 Å². The normalized spacial score (nSPS) is 22.2. The molecule has 0 radical (unpaired) electrons. The Morgan fingerprint density at radius 2 is 2.35 bits per heavy atom. The fourth-order valence-electron chi connectivity index (χ4n) is 3.05. The first kappa shape index (κ1) is 13.2. The fourth-order valence-corrected chi connectivity index (χ4v) is 3.05. The second-order valence-corrected chi connectivity index (χ2v) is 5.70. The average molecular weight is 274 g/mol. The van der Waals surface area contributed by atoms with Gasteiger partial charge < -0.3 is 10.2 Å². The van der Waals surface area contributed by atoms with Crippen LogP contribution in [-0.2, 0) is 20.0 Å². The molecule has 0 spiro atoms. The molecule has 0 saturated carbocycles. The molecule has 1 aromatic heterocycles. The van der Waals surface area contributed by atoms with Gasteiger partial charge in [0, 0.05) is 30.9 Å². The van der Waals surface area contributed by atoms with Crippen LogP contribution >= 0.6 is 0 Å². The van der Waals surface area contributed by atoms with Gasteiger partial charge in [0.25, 0.3) is 0 Å². The van der Waals surface area contributed by atoms with Crippen LogP contribution in [0.5, 0.6) is 0 Å². The molecule has 3 rings (SSSR count). The maximum absolute atomic E-state index is 12.4. The Labute approximate surface area is 119 Å². The second kappa shape index (κ2) is 5.69. The number of rotatable bonds is 1. The monoisotopic (exact) mass is 274 g/mol. The number of nitrogens with zero attached hydrogens (tertiary/aromatic N) is 3. The molecule has 1 aliphatic heterocycles. The third kappa shape index (κ3) is 2.71. The van der Waals surface area contributed by atoms with Crippen molar-refractivity contribution < 1.29 is 4.79 Å². The molecule has 2 heterocycles. The molecule has 20 heavy (non-hydrogen) atoms. The van der Waals surface area contributed by atoms with Gasteiger partial charge in [-0.25, -0.2) is 4.79 Å². The van der Waals surface area contributed by atoms with Crippen LogP contribution in [0.4, 0.5) is 4.79 Å². The Bertz CT molecular complexity index is 520. The Balaban J connectivity index is 1.64. The molecule has 1 N–H and O–H groups in total. The van der Waals surface area contributed by atoms with Crippen LogP contribution in [0.2, 0.25) is 0 Å². The summed E-state index contributed by atoms with van der Waals surface area (Å²) in [5.74, 6) is 0. The average Bonchev–Trinajstić information content (AvgIpc) is 2.69. The summed E-state index contributed by atoms with van der Waals surface area (Å²) in [6.07, 6.45) is 11.3. The maximum Gasteiger partial charge on any atom is 0.317 e. The molecule has 2 amide bonds. The van der Waals surface area contributed by atoms with Gasteiger partial charge in [0.2, 0.25) is 0 Å². The summed E-state index contributed by atoms with van der Waals surface area (Å²) in [6, 6.07) is 0.367. The number of amides is 2. The van der Waals surface area contributed by atoms with Gasteiger partial charge in [-0.1, -0.05) is 12.2 Å². The van der Waals surface area contributed by atoms with E-state index < -0.39 is 0 Å². The van der Waals surface area contributed by atoms with E-state index in [9.17, 15) is 4.79 Å². The number of hydrogen-bond acceptors (Lipinski definition) is 2. The number of fused-ring (bicyclic) bond motifs is 1. The summed E-state index contributed by atoms with van der Waals surface area (Å²) in [4.78, 5) is 14.3. The van der Waals surface area contributed by atoms with E-state index in [-0.39, 0.29) is 6.03 Å². The topological polar surface area (TPSA) is 50.2 Å². The first-order valence-corrected chi connectivity index (χ1v) is 7.44. The lowest BCUT2D eigenvalue weighted by molar-refractivity contribution is 0.191. The summed E-state index contributed by atoms with van der Waals surface area (Å²) in [5.41, 5.74) is 2.45. The molecule has 0 aromatic carbocycles. The number of carbonyl (C=O) groups is 1. The van der Waals surface area contributed by atoms with Crippen LogP contribution in [0, 0.1) is 0 Å². The van der Waals surface area contributed by atoms with Crippen LogP contribution < -0.4 is 5.32 Å². The Morgan fingerprint density at radius 3 is 3.15 bits per heavy atom. The zero-order chi connectivity index (χ0) is 13.9. The number of urea groups is 1. The quantitative estimate of drug-likeness (QED) is 0.796. The zero-order valence-corrected chi connectivity index (χ0v) is 12.0. The van der Waals surface area contributed by atoms with Crippen LogP contribution in [0.1, 0.15) is 36.9 Å². The van der Waals surface area contributed by atoms with Gasteiger partial charge in [-0.15, -0.1) is 0 Å². The van der Waals surface area contributed by atoms with Gasteiger partial charge in [-0.2, -0.15) is 5.10 Å². The summed E-state index contributed by atoms with van der Waals surface area (Å²) in [7, 11) is 1.98. The van der Waals surface area contributed by atoms with Gasteiger partial charge in [0.05, 0.1) is 12.7 Å². The molecule has 0 saturated heterocycles. The summed E-state index contributed by atoms with van der Waals surface area (Å²) < 4.78 is 1.93. The molecular formula is C15H22N4O. The molecule has 1 aliphatic carbocycles. The van der Waals surface area contributed by atoms with Crippen molar-refractivity contribution in [1.29, 1.82) is 0 Å². The largest absolute Gasteiger partial charge is 0.335 e. The maximum atomic E-state index is 12.4. The number of allylic oxidation sites excluding steroid dienone is 1. The van der Waals surface area contributed by atoms with E-state index in [2.05, 4.69) is 22.6 Å². The van der Waals surface area contributed by atoms with E-state index in [0.717, 1.165) is 38.6 Å². The fraction of sp³-hybridized carbons (Fsp3) is 0.600. The minimum Gasteiger partial charge on any atom is -0.335 e. The number of carbonyl (C=O) groups excluding carboxylic acids is 1. The molecular weight excluding hydrogens is 252 g/mol. The van der Waals surface area contributed by atoms with Crippen LogP contribution in [0.3, 0.4) is 0 Å². The summed E-state index contributed by atoms with van der Waals surface area (Å²) in [5, 5.41) is 7.46. The lowest BCUT2D eigenvalue weighted by Crippen LogP contribution is -2.44. The molecule has 5 nitrogen and oxygen atoms in total. The van der Waals surface area contributed by atoms with Crippen molar-refractivity contribution in [2.45, 2.75) is 44.7 Å². The number of aromatic nitrogens is 2. The lowest BCUT2D eigenvalue weighted by atomic mass is 10.0. The predicted octanol–water partition coefficient (Wildman–Crippen LogP) is 1.99. The van der Waals surface area contributed by atoms with Crippen LogP contribution in [-0.4, -0.2) is 33.3 Å². The van der Waals surface area contributed by atoms with Crippen molar-refractivity contribution >= 4 is 6.03 Å². The van der Waals surface area contributed by atoms with Gasteiger partial charge in [0.15, 0.2) is 0 Å². The Morgan fingerprint density at radius 1 is 1.45 bits per heavy atom. The molecule has 108 valence electrons. The van der Waals surface area contributed by atoms with E-state index in [1.54, 1.807) is 0 Å². The number of hydrogen-bond donors (Lipinski definition) is 1. The Hall–Kier alpha value is -1.78. The van der Waals surface area contributed by atoms with E-state index in [1.807, 2.05) is 22.8 Å². The first-order chi connectivity index (χ1) is 9.74. The second-order valence-electron chi connectivity index (χ2n) is 5.70. The molecule has 1 aromatic rings. The van der Waals surface area contributed by atoms with Gasteiger partial charge >= 0.3 is 6.03 Å². The molecule has 2 aliphatic rings. The van der Waals surface area contributed by atoms with E-state index >= 15 is 0 Å². The van der Waals surface area contributed by atoms with Crippen LogP contribution in [0.25, 0.3) is 0 Å². The molecule has 1 atom stereocenters. The van der Waals surface area contributed by atoms with E-state index in [0.29, 0.717) is 12.6 Å². The molecule has 0 bridgehead atoms. The van der Waals surface area contributed by atoms with Crippen molar-refractivity contribution in [1.82, 2.24) is 20.0 Å².